The first-order chi connectivity index (χ1) is 11.1. The molecule has 3 aromatic rings. The smallest absolute Gasteiger partial charge is 0.337 e. The van der Waals surface area contributed by atoms with Gasteiger partial charge < -0.3 is 14.5 Å². The molecule has 1 N–H and O–H groups in total. The lowest BCUT2D eigenvalue weighted by atomic mass is 10.2. The van der Waals surface area contributed by atoms with Gasteiger partial charge in [-0.2, -0.15) is 0 Å². The van der Waals surface area contributed by atoms with Crippen LogP contribution in [0.2, 0.25) is 5.02 Å². The van der Waals surface area contributed by atoms with Crippen molar-refractivity contribution in [1.82, 2.24) is 9.38 Å². The van der Waals surface area contributed by atoms with Crippen molar-refractivity contribution in [2.75, 3.05) is 12.4 Å². The van der Waals surface area contributed by atoms with Crippen molar-refractivity contribution in [2.45, 2.75) is 0 Å². The number of benzene rings is 1. The zero-order chi connectivity index (χ0) is 16.4. The summed E-state index contributed by atoms with van der Waals surface area (Å²) >= 11 is 6.07. The molecule has 0 spiro atoms. The average Bonchev–Trinajstić information content (AvgIpc) is 3.03. The van der Waals surface area contributed by atoms with Crippen molar-refractivity contribution in [2.24, 2.45) is 0 Å². The molecule has 0 aliphatic carbocycles. The largest absolute Gasteiger partial charge is 0.465 e. The maximum Gasteiger partial charge on any atom is 0.337 e. The number of hydrogen-bond donors (Lipinski definition) is 1. The molecule has 116 valence electrons. The van der Waals surface area contributed by atoms with Crippen molar-refractivity contribution in [3.8, 4) is 0 Å². The quantitative estimate of drug-likeness (QED) is 0.750. The maximum atomic E-state index is 12.4. The number of halogens is 1. The van der Waals surface area contributed by atoms with E-state index in [1.807, 2.05) is 0 Å². The van der Waals surface area contributed by atoms with Gasteiger partial charge in [-0.25, -0.2) is 9.78 Å². The van der Waals surface area contributed by atoms with Gasteiger partial charge in [0.1, 0.15) is 5.65 Å². The number of hydrogen-bond acceptors (Lipinski definition) is 4. The van der Waals surface area contributed by atoms with Crippen molar-refractivity contribution in [3.63, 3.8) is 0 Å². The lowest BCUT2D eigenvalue weighted by Crippen LogP contribution is -2.13. The number of carbonyl (C=O) groups is 2. The van der Waals surface area contributed by atoms with E-state index in [4.69, 9.17) is 11.6 Å². The molecule has 0 saturated heterocycles. The summed E-state index contributed by atoms with van der Waals surface area (Å²) in [5.41, 5.74) is 1.82. The van der Waals surface area contributed by atoms with Crippen LogP contribution in [0.25, 0.3) is 5.65 Å². The number of fused-ring (bicyclic) bond motifs is 1. The van der Waals surface area contributed by atoms with Crippen molar-refractivity contribution < 1.29 is 14.3 Å². The Bertz CT molecular complexity index is 904. The molecule has 0 bridgehead atoms. The summed E-state index contributed by atoms with van der Waals surface area (Å²) in [5, 5.41) is 3.02. The molecule has 0 unspecified atom stereocenters. The number of aromatic nitrogens is 2. The van der Waals surface area contributed by atoms with Crippen LogP contribution in [-0.4, -0.2) is 28.4 Å². The van der Waals surface area contributed by atoms with Crippen molar-refractivity contribution in [3.05, 3.63) is 65.1 Å². The molecule has 0 saturated carbocycles. The molecule has 0 aliphatic heterocycles. The summed E-state index contributed by atoms with van der Waals surface area (Å²) in [6.45, 7) is 0. The topological polar surface area (TPSA) is 72.7 Å². The Balaban J connectivity index is 1.88. The van der Waals surface area contributed by atoms with Crippen molar-refractivity contribution in [1.29, 1.82) is 0 Å². The van der Waals surface area contributed by atoms with E-state index in [9.17, 15) is 9.59 Å². The lowest BCUT2D eigenvalue weighted by molar-refractivity contribution is 0.0600. The highest BCUT2D eigenvalue weighted by atomic mass is 35.5. The molecule has 2 heterocycles. The van der Waals surface area contributed by atoms with E-state index < -0.39 is 5.97 Å². The lowest BCUT2D eigenvalue weighted by Gasteiger charge is -2.09. The molecule has 0 atom stereocenters. The predicted molar refractivity (Wildman–Crippen MR) is 85.9 cm³/mol. The van der Waals surface area contributed by atoms with Gasteiger partial charge in [-0.3, -0.25) is 4.79 Å². The molecule has 6 nitrogen and oxygen atoms in total. The van der Waals surface area contributed by atoms with Crippen molar-refractivity contribution >= 4 is 34.8 Å². The van der Waals surface area contributed by atoms with Gasteiger partial charge in [-0.1, -0.05) is 11.6 Å². The average molecular weight is 330 g/mol. The number of rotatable bonds is 3. The fraction of sp³-hybridized carbons (Fsp3) is 0.0625. The first-order valence-corrected chi connectivity index (χ1v) is 7.08. The number of imidazole rings is 1. The molecule has 2 aromatic heterocycles. The van der Waals surface area contributed by atoms with Crippen LogP contribution in [0.1, 0.15) is 20.7 Å². The second kappa shape index (κ2) is 6.10. The zero-order valence-corrected chi connectivity index (χ0v) is 12.9. The summed E-state index contributed by atoms with van der Waals surface area (Å²) in [6, 6.07) is 7.93. The molecule has 1 aromatic carbocycles. The van der Waals surface area contributed by atoms with Crippen LogP contribution in [0.4, 0.5) is 5.69 Å². The minimum Gasteiger partial charge on any atom is -0.465 e. The molecule has 0 fully saturated rings. The van der Waals surface area contributed by atoms with Gasteiger partial charge in [0.05, 0.1) is 28.9 Å². The fourth-order valence-electron chi connectivity index (χ4n) is 2.11. The second-order valence-corrected chi connectivity index (χ2v) is 5.16. The fourth-order valence-corrected chi connectivity index (χ4v) is 2.28. The molecule has 1 amide bonds. The van der Waals surface area contributed by atoms with Crippen LogP contribution >= 0.6 is 11.6 Å². The standard InChI is InChI=1S/C16H12ClN3O3/c1-23-16(22)10-2-4-12(17)13(8-10)19-15(21)11-3-5-14-18-6-7-20(14)9-11/h2-9H,1H3,(H,19,21). The number of esters is 1. The SMILES string of the molecule is COC(=O)c1ccc(Cl)c(NC(=O)c2ccc3nccn3c2)c1. The first kappa shape index (κ1) is 15.1. The second-order valence-electron chi connectivity index (χ2n) is 4.75. The number of anilines is 1. The Hall–Kier alpha value is -2.86. The zero-order valence-electron chi connectivity index (χ0n) is 12.1. The third-order valence-corrected chi connectivity index (χ3v) is 3.62. The summed E-state index contributed by atoms with van der Waals surface area (Å²) < 4.78 is 6.39. The first-order valence-electron chi connectivity index (χ1n) is 6.70. The number of nitrogens with zero attached hydrogens (tertiary/aromatic N) is 2. The van der Waals surface area contributed by atoms with Gasteiger partial charge in [0.15, 0.2) is 0 Å². The minimum atomic E-state index is -0.503. The number of amides is 1. The number of pyridine rings is 1. The monoisotopic (exact) mass is 329 g/mol. The van der Waals surface area contributed by atoms with Crippen LogP contribution < -0.4 is 5.32 Å². The van der Waals surface area contributed by atoms with Gasteiger partial charge in [-0.05, 0) is 30.3 Å². The van der Waals surface area contributed by atoms with Crippen LogP contribution in [-0.2, 0) is 4.74 Å². The van der Waals surface area contributed by atoms with Crippen LogP contribution in [0.5, 0.6) is 0 Å². The van der Waals surface area contributed by atoms with E-state index in [1.165, 1.54) is 25.3 Å². The Kier molecular flexibility index (Phi) is 3.99. The molecule has 0 radical (unpaired) electrons. The third kappa shape index (κ3) is 3.02. The van der Waals surface area contributed by atoms with E-state index in [1.54, 1.807) is 35.1 Å². The van der Waals surface area contributed by atoms with Crippen LogP contribution in [0.3, 0.4) is 0 Å². The maximum absolute atomic E-state index is 12.4. The van der Waals surface area contributed by atoms with E-state index >= 15 is 0 Å². The van der Waals surface area contributed by atoms with Crippen LogP contribution in [0.15, 0.2) is 48.9 Å². The highest BCUT2D eigenvalue weighted by molar-refractivity contribution is 6.34. The van der Waals surface area contributed by atoms with E-state index in [-0.39, 0.29) is 5.91 Å². The van der Waals surface area contributed by atoms with E-state index in [2.05, 4.69) is 15.0 Å². The van der Waals surface area contributed by atoms with Gasteiger partial charge in [0.2, 0.25) is 0 Å². The Labute approximate surface area is 136 Å². The molecule has 7 heteroatoms. The molecule has 3 rings (SSSR count). The summed E-state index contributed by atoms with van der Waals surface area (Å²) in [7, 11) is 1.29. The summed E-state index contributed by atoms with van der Waals surface area (Å²) in [4.78, 5) is 28.0. The van der Waals surface area contributed by atoms with Gasteiger partial charge in [0.25, 0.3) is 5.91 Å². The highest BCUT2D eigenvalue weighted by Crippen LogP contribution is 2.24. The molecular weight excluding hydrogens is 318 g/mol. The third-order valence-electron chi connectivity index (χ3n) is 3.29. The Morgan fingerprint density at radius 2 is 2.00 bits per heavy atom. The van der Waals surface area contributed by atoms with Gasteiger partial charge >= 0.3 is 5.97 Å². The number of ether oxygens (including phenoxy) is 1. The molecule has 0 aliphatic rings. The number of carbonyl (C=O) groups excluding carboxylic acids is 2. The summed E-state index contributed by atoms with van der Waals surface area (Å²) in [6.07, 6.45) is 5.06. The normalized spacial score (nSPS) is 10.5. The number of methoxy groups -OCH3 is 1. The predicted octanol–water partition coefficient (Wildman–Crippen LogP) is 3.03. The highest BCUT2D eigenvalue weighted by Gasteiger charge is 2.13. The number of nitrogens with one attached hydrogen (secondary N) is 1. The van der Waals surface area contributed by atoms with Crippen LogP contribution in [0, 0.1) is 0 Å². The van der Waals surface area contributed by atoms with E-state index in [0.717, 1.165) is 5.65 Å². The summed E-state index contributed by atoms with van der Waals surface area (Å²) in [5.74, 6) is -0.846. The Morgan fingerprint density at radius 3 is 2.78 bits per heavy atom. The van der Waals surface area contributed by atoms with Gasteiger partial charge in [0, 0.05) is 18.6 Å². The Morgan fingerprint density at radius 1 is 1.22 bits per heavy atom. The minimum absolute atomic E-state index is 0.303. The molecule has 23 heavy (non-hydrogen) atoms. The van der Waals surface area contributed by atoms with Gasteiger partial charge in [-0.15, -0.1) is 0 Å². The van der Waals surface area contributed by atoms with E-state index in [0.29, 0.717) is 21.8 Å². The molecular formula is C16H12ClN3O3.